The zero-order chi connectivity index (χ0) is 27.2. The van der Waals surface area contributed by atoms with E-state index in [0.29, 0.717) is 27.0 Å². The molecule has 0 aliphatic heterocycles. The molecule has 40 heavy (non-hydrogen) atoms. The molecule has 0 fully saturated rings. The van der Waals surface area contributed by atoms with Crippen LogP contribution in [0.4, 0.5) is 0 Å². The topological polar surface area (TPSA) is 166 Å². The Hall–Kier alpha value is -1.98. The van der Waals surface area contributed by atoms with Crippen molar-refractivity contribution >= 4 is 41.1 Å². The average molecular weight is 593 g/mol. The van der Waals surface area contributed by atoms with Gasteiger partial charge in [0.05, 0.1) is 47.1 Å². The van der Waals surface area contributed by atoms with Gasteiger partial charge in [-0.05, 0) is 55.1 Å². The molecule has 0 spiro atoms. The largest absolute Gasteiger partial charge is 1.00 e. The van der Waals surface area contributed by atoms with E-state index in [4.69, 9.17) is 4.98 Å². The van der Waals surface area contributed by atoms with E-state index in [1.165, 1.54) is 22.1 Å². The van der Waals surface area contributed by atoms with E-state index in [1.807, 2.05) is 16.8 Å². The van der Waals surface area contributed by atoms with Crippen molar-refractivity contribution in [1.82, 2.24) is 19.1 Å². The molecule has 5 aromatic rings. The zero-order valence-electron chi connectivity index (χ0n) is 22.0. The van der Waals surface area contributed by atoms with Gasteiger partial charge in [-0.1, -0.05) is 12.1 Å². The SMILES string of the molecule is CC(C)(C#N)c1ccc(-n2c(=O)n(COP(=O)([O-])[O-])c(=O)c3cnc4ccc(-c5ccsc5)nc4c32)cc1.[Na+].[Na+]. The normalized spacial score (nSPS) is 11.6. The van der Waals surface area contributed by atoms with Gasteiger partial charge in [0.25, 0.3) is 5.56 Å². The van der Waals surface area contributed by atoms with Crippen LogP contribution in [-0.2, 0) is 21.2 Å². The molecule has 0 aliphatic rings. The van der Waals surface area contributed by atoms with Gasteiger partial charge in [-0.15, -0.1) is 0 Å². The molecule has 0 aliphatic carbocycles. The van der Waals surface area contributed by atoms with E-state index in [-0.39, 0.29) is 75.5 Å². The monoisotopic (exact) mass is 593 g/mol. The van der Waals surface area contributed by atoms with E-state index < -0.39 is 31.2 Å². The number of rotatable bonds is 6. The summed E-state index contributed by atoms with van der Waals surface area (Å²) in [7, 11) is -5.49. The minimum absolute atomic E-state index is 0. The number of hydrogen-bond donors (Lipinski definition) is 0. The van der Waals surface area contributed by atoms with Crippen molar-refractivity contribution < 1.29 is 78.0 Å². The fourth-order valence-corrected chi connectivity index (χ4v) is 4.94. The first-order valence-corrected chi connectivity index (χ1v) is 13.6. The van der Waals surface area contributed by atoms with Crippen LogP contribution in [0.15, 0.2) is 69.0 Å². The van der Waals surface area contributed by atoms with Gasteiger partial charge in [0.2, 0.25) is 0 Å². The van der Waals surface area contributed by atoms with Crippen LogP contribution < -0.4 is 80.2 Å². The number of phosphoric acid groups is 1. The maximum absolute atomic E-state index is 13.7. The molecule has 0 saturated heterocycles. The number of benzene rings is 1. The molecule has 0 radical (unpaired) electrons. The number of fused-ring (bicyclic) bond motifs is 3. The fourth-order valence-electron chi connectivity index (χ4n) is 4.03. The molecule has 192 valence electrons. The molecule has 0 saturated carbocycles. The van der Waals surface area contributed by atoms with Crippen molar-refractivity contribution in [2.45, 2.75) is 26.0 Å². The summed E-state index contributed by atoms with van der Waals surface area (Å²) < 4.78 is 17.1. The fraction of sp³-hybridized carbons (Fsp3) is 0.160. The maximum Gasteiger partial charge on any atom is 1.00 e. The van der Waals surface area contributed by atoms with Gasteiger partial charge in [-0.3, -0.25) is 14.3 Å². The first kappa shape index (κ1) is 32.5. The molecule has 4 aromatic heterocycles. The first-order valence-electron chi connectivity index (χ1n) is 11.2. The van der Waals surface area contributed by atoms with Crippen LogP contribution >= 0.6 is 19.2 Å². The predicted molar refractivity (Wildman–Crippen MR) is 138 cm³/mol. The quantitative estimate of drug-likeness (QED) is 0.110. The number of nitriles is 1. The maximum atomic E-state index is 13.7. The van der Waals surface area contributed by atoms with E-state index in [2.05, 4.69) is 15.6 Å². The molecule has 5 rings (SSSR count). The second kappa shape index (κ2) is 12.5. The van der Waals surface area contributed by atoms with Crippen molar-refractivity contribution in [3.63, 3.8) is 0 Å². The standard InChI is InChI=1S/C25H20N5O6PS.2Na/c1-25(2,13-26)16-3-5-17(6-4-16)30-22-18(23(31)29(24(30)32)14-36-37(33,34)35)11-27-20-8-7-19(28-21(20)22)15-9-10-38-12-15;;/h3-12H,14H2,1-2H3,(H2,33,34,35);;/q;2*+1/p-2. The van der Waals surface area contributed by atoms with E-state index >= 15 is 0 Å². The Morgan fingerprint density at radius 1 is 1.10 bits per heavy atom. The van der Waals surface area contributed by atoms with Crippen molar-refractivity contribution in [3.8, 4) is 23.0 Å². The number of hydrogen-bond acceptors (Lipinski definition) is 10. The van der Waals surface area contributed by atoms with Crippen LogP contribution in [0.1, 0.15) is 19.4 Å². The Bertz CT molecular complexity index is 1910. The third kappa shape index (κ3) is 6.26. The van der Waals surface area contributed by atoms with Crippen LogP contribution in [0, 0.1) is 11.3 Å². The summed E-state index contributed by atoms with van der Waals surface area (Å²) in [4.78, 5) is 58.2. The Morgan fingerprint density at radius 3 is 2.40 bits per heavy atom. The van der Waals surface area contributed by atoms with Crippen molar-refractivity contribution in [1.29, 1.82) is 5.26 Å². The van der Waals surface area contributed by atoms with Crippen molar-refractivity contribution in [2.75, 3.05) is 0 Å². The minimum atomic E-state index is -5.49. The average Bonchev–Trinajstić information content (AvgIpc) is 3.43. The van der Waals surface area contributed by atoms with Crippen molar-refractivity contribution in [3.05, 3.63) is 85.8 Å². The van der Waals surface area contributed by atoms with Gasteiger partial charge in [0.1, 0.15) is 12.2 Å². The number of pyridine rings is 2. The second-order valence-electron chi connectivity index (χ2n) is 8.94. The van der Waals surface area contributed by atoms with Gasteiger partial charge in [0, 0.05) is 17.1 Å². The van der Waals surface area contributed by atoms with Gasteiger partial charge < -0.3 is 18.9 Å². The molecule has 15 heteroatoms. The molecule has 0 amide bonds. The molecular weight excluding hydrogens is 575 g/mol. The van der Waals surface area contributed by atoms with Crippen LogP contribution in [0.25, 0.3) is 38.9 Å². The molecule has 0 unspecified atom stereocenters. The second-order valence-corrected chi connectivity index (χ2v) is 10.9. The van der Waals surface area contributed by atoms with Crippen LogP contribution in [0.2, 0.25) is 0 Å². The molecule has 0 bridgehead atoms. The molecule has 1 aromatic carbocycles. The summed E-state index contributed by atoms with van der Waals surface area (Å²) in [5.41, 5.74) is 0.658. The van der Waals surface area contributed by atoms with Crippen LogP contribution in [0.3, 0.4) is 0 Å². The van der Waals surface area contributed by atoms with Gasteiger partial charge >= 0.3 is 64.8 Å². The summed E-state index contributed by atoms with van der Waals surface area (Å²) in [6.45, 7) is 2.40. The van der Waals surface area contributed by atoms with E-state index in [9.17, 15) is 29.2 Å². The van der Waals surface area contributed by atoms with Gasteiger partial charge in [-0.25, -0.2) is 14.3 Å². The summed E-state index contributed by atoms with van der Waals surface area (Å²) in [6, 6.07) is 14.2. The van der Waals surface area contributed by atoms with Crippen molar-refractivity contribution in [2.24, 2.45) is 0 Å². The summed E-state index contributed by atoms with van der Waals surface area (Å²) in [6.07, 6.45) is 1.26. The Kier molecular flexibility index (Phi) is 10.2. The number of phosphoric ester groups is 1. The molecule has 11 nitrogen and oxygen atoms in total. The van der Waals surface area contributed by atoms with E-state index in [0.717, 1.165) is 5.56 Å². The Morgan fingerprint density at radius 2 is 1.80 bits per heavy atom. The summed E-state index contributed by atoms with van der Waals surface area (Å²) in [5, 5.41) is 13.3. The van der Waals surface area contributed by atoms with Crippen LogP contribution in [0.5, 0.6) is 0 Å². The predicted octanol–water partition coefficient (Wildman–Crippen LogP) is -3.56. The number of nitrogens with zero attached hydrogens (tertiary/aromatic N) is 5. The van der Waals surface area contributed by atoms with Crippen LogP contribution in [-0.4, -0.2) is 19.1 Å². The Balaban J connectivity index is 0.00000220. The molecular formula is C25H18N5Na2O6PS. The first-order chi connectivity index (χ1) is 18.0. The third-order valence-corrected chi connectivity index (χ3v) is 7.21. The third-order valence-electron chi connectivity index (χ3n) is 6.10. The van der Waals surface area contributed by atoms with Gasteiger partial charge in [0.15, 0.2) is 0 Å². The molecule has 0 N–H and O–H groups in total. The number of aromatic nitrogens is 4. The smallest absolute Gasteiger partial charge is 0.790 e. The van der Waals surface area contributed by atoms with E-state index in [1.54, 1.807) is 50.2 Å². The molecule has 4 heterocycles. The zero-order valence-corrected chi connectivity index (χ0v) is 27.7. The summed E-state index contributed by atoms with van der Waals surface area (Å²) >= 11 is 1.49. The summed E-state index contributed by atoms with van der Waals surface area (Å²) in [5.74, 6) is 0. The Labute approximate surface area is 275 Å². The van der Waals surface area contributed by atoms with Gasteiger partial charge in [-0.2, -0.15) is 16.6 Å². The minimum Gasteiger partial charge on any atom is -0.790 e. The molecule has 0 atom stereocenters. The number of thiophene rings is 1.